The number of rotatable bonds is 10. The molecule has 3 aromatic carbocycles. The van der Waals surface area contributed by atoms with Gasteiger partial charge in [-0.25, -0.2) is 9.78 Å². The maximum atomic E-state index is 14.2. The van der Waals surface area contributed by atoms with Gasteiger partial charge in [-0.15, -0.1) is 6.58 Å². The van der Waals surface area contributed by atoms with Crippen LogP contribution in [0.1, 0.15) is 16.7 Å². The molecule has 0 aliphatic carbocycles. The molecule has 0 spiro atoms. The summed E-state index contributed by atoms with van der Waals surface area (Å²) in [6.07, 6.45) is 1.37. The topological polar surface area (TPSA) is 124 Å². The van der Waals surface area contributed by atoms with Crippen molar-refractivity contribution in [2.24, 2.45) is 0 Å². The van der Waals surface area contributed by atoms with Crippen LogP contribution in [0.5, 0.6) is 5.75 Å². The molecule has 12 heteroatoms. The van der Waals surface area contributed by atoms with Gasteiger partial charge in [0.25, 0.3) is 0 Å². The monoisotopic (exact) mass is 625 g/mol. The number of ether oxygens (including phenoxy) is 1. The lowest BCUT2D eigenvalue weighted by molar-refractivity contribution is -0.157. The van der Waals surface area contributed by atoms with E-state index >= 15 is 0 Å². The molecule has 45 heavy (non-hydrogen) atoms. The highest BCUT2D eigenvalue weighted by molar-refractivity contribution is 7.22. The molecule has 0 unspecified atom stereocenters. The molecule has 2 aliphatic heterocycles. The van der Waals surface area contributed by atoms with Crippen LogP contribution >= 0.6 is 11.3 Å². The van der Waals surface area contributed by atoms with Crippen LogP contribution in [0.3, 0.4) is 0 Å². The molecular formula is C33H35N7O4S. The Balaban J connectivity index is 1.32. The first-order chi connectivity index (χ1) is 21.9. The number of amides is 4. The van der Waals surface area contributed by atoms with E-state index in [2.05, 4.69) is 16.9 Å². The molecule has 2 aliphatic rings. The van der Waals surface area contributed by atoms with E-state index in [-0.39, 0.29) is 44.0 Å². The lowest BCUT2D eigenvalue weighted by Gasteiger charge is -2.46. The van der Waals surface area contributed by atoms with Crippen LogP contribution < -0.4 is 15.8 Å². The zero-order valence-corrected chi connectivity index (χ0v) is 25.8. The van der Waals surface area contributed by atoms with Crippen molar-refractivity contribution >= 4 is 44.5 Å². The summed E-state index contributed by atoms with van der Waals surface area (Å²) in [5.41, 5.74) is 9.49. The highest BCUT2D eigenvalue weighted by Crippen LogP contribution is 2.32. The smallest absolute Gasteiger partial charge is 0.332 e. The summed E-state index contributed by atoms with van der Waals surface area (Å²) in [6, 6.07) is 21.8. The van der Waals surface area contributed by atoms with Crippen molar-refractivity contribution < 1.29 is 19.1 Å². The fourth-order valence-electron chi connectivity index (χ4n) is 6.02. The van der Waals surface area contributed by atoms with Gasteiger partial charge in [0.1, 0.15) is 18.0 Å². The summed E-state index contributed by atoms with van der Waals surface area (Å²) >= 11 is 1.40. The second-order valence-corrected chi connectivity index (χ2v) is 12.1. The molecule has 6 rings (SSSR count). The molecular weight excluding hydrogens is 590 g/mol. The van der Waals surface area contributed by atoms with E-state index in [9.17, 15) is 14.4 Å². The molecule has 11 nitrogen and oxygen atoms in total. The Morgan fingerprint density at radius 3 is 2.62 bits per heavy atom. The van der Waals surface area contributed by atoms with E-state index in [0.717, 1.165) is 26.9 Å². The largest absolute Gasteiger partial charge is 0.497 e. The molecule has 0 radical (unpaired) electrons. The van der Waals surface area contributed by atoms with Gasteiger partial charge in [-0.1, -0.05) is 72.0 Å². The number of aromatic nitrogens is 1. The summed E-state index contributed by atoms with van der Waals surface area (Å²) in [6.45, 7) is 4.82. The molecule has 3 heterocycles. The van der Waals surface area contributed by atoms with Gasteiger partial charge in [0.15, 0.2) is 5.13 Å². The van der Waals surface area contributed by atoms with Crippen LogP contribution in [0.15, 0.2) is 85.5 Å². The average Bonchev–Trinajstić information content (AvgIpc) is 3.60. The van der Waals surface area contributed by atoms with Gasteiger partial charge in [0.2, 0.25) is 11.8 Å². The van der Waals surface area contributed by atoms with Crippen LogP contribution in [0, 0.1) is 0 Å². The van der Waals surface area contributed by atoms with Crippen molar-refractivity contribution in [3.8, 4) is 5.75 Å². The number of methoxy groups -OCH3 is 1. The normalized spacial score (nSPS) is 18.2. The number of hydrogen-bond donors (Lipinski definition) is 2. The van der Waals surface area contributed by atoms with Crippen LogP contribution in [-0.4, -0.2) is 81.6 Å². The molecule has 4 aromatic rings. The molecule has 1 aromatic heterocycles. The van der Waals surface area contributed by atoms with E-state index in [1.54, 1.807) is 28.0 Å². The minimum absolute atomic E-state index is 0.0459. The molecule has 2 fully saturated rings. The highest BCUT2D eigenvalue weighted by atomic mass is 32.1. The molecule has 2 saturated heterocycles. The third-order valence-electron chi connectivity index (χ3n) is 8.17. The van der Waals surface area contributed by atoms with E-state index in [1.165, 1.54) is 16.3 Å². The van der Waals surface area contributed by atoms with Gasteiger partial charge in [0, 0.05) is 19.5 Å². The van der Waals surface area contributed by atoms with Gasteiger partial charge in [-0.2, -0.15) is 5.01 Å². The standard InChI is InChI=1S/C33H35N7O4S/c1-3-16-38(33(43)35-18-23-8-5-4-6-9-23)39-21-29(41)40-26(17-22-12-14-25(44-2)15-13-22)31(42)37(20-28(39)40)19-24-10-7-11-27-30(24)36-32(34)45-27/h3-15,26,28H,1,16-21H2,2H3,(H2,34,36)(H,35,43)/t26-,28+/m0/s1. The van der Waals surface area contributed by atoms with Crippen LogP contribution in [-0.2, 0) is 29.1 Å². The lowest BCUT2D eigenvalue weighted by Crippen LogP contribution is -2.66. The summed E-state index contributed by atoms with van der Waals surface area (Å²) in [5, 5.41) is 6.70. The van der Waals surface area contributed by atoms with Gasteiger partial charge in [-0.05, 0) is 34.9 Å². The number of hydrazine groups is 1. The highest BCUT2D eigenvalue weighted by Gasteiger charge is 2.52. The lowest BCUT2D eigenvalue weighted by atomic mass is 9.99. The number of carbonyl (C=O) groups excluding carboxylic acids is 3. The molecule has 4 amide bonds. The van der Waals surface area contributed by atoms with Crippen molar-refractivity contribution in [2.75, 3.05) is 32.5 Å². The predicted molar refractivity (Wildman–Crippen MR) is 173 cm³/mol. The first-order valence-electron chi connectivity index (χ1n) is 14.7. The van der Waals surface area contributed by atoms with E-state index < -0.39 is 12.2 Å². The Morgan fingerprint density at radius 1 is 1.11 bits per heavy atom. The fourth-order valence-corrected chi connectivity index (χ4v) is 6.80. The maximum absolute atomic E-state index is 14.2. The minimum Gasteiger partial charge on any atom is -0.497 e. The number of nitrogen functional groups attached to an aromatic ring is 1. The van der Waals surface area contributed by atoms with E-state index in [0.29, 0.717) is 23.8 Å². The summed E-state index contributed by atoms with van der Waals surface area (Å²) < 4.78 is 6.25. The molecule has 0 bridgehead atoms. The SMILES string of the molecule is C=CCN(C(=O)NCc1ccccc1)N1CC(=O)N2[C@@H](Cc3ccc(OC)cc3)C(=O)N(Cc3cccc4sc(N)nc34)C[C@@H]21. The Bertz CT molecular complexity index is 1710. The zero-order valence-electron chi connectivity index (χ0n) is 25.0. The second kappa shape index (κ2) is 13.0. The molecule has 0 saturated carbocycles. The van der Waals surface area contributed by atoms with Gasteiger partial charge in [-0.3, -0.25) is 14.6 Å². The number of anilines is 1. The van der Waals surface area contributed by atoms with Crippen molar-refractivity contribution in [2.45, 2.75) is 31.7 Å². The summed E-state index contributed by atoms with van der Waals surface area (Å²) in [7, 11) is 1.60. The number of carbonyl (C=O) groups is 3. The van der Waals surface area contributed by atoms with Crippen molar-refractivity contribution in [1.29, 1.82) is 0 Å². The summed E-state index contributed by atoms with van der Waals surface area (Å²) in [4.78, 5) is 49.4. The number of benzene rings is 3. The number of para-hydroxylation sites is 1. The van der Waals surface area contributed by atoms with Gasteiger partial charge >= 0.3 is 6.03 Å². The Kier molecular flexibility index (Phi) is 8.67. The molecule has 3 N–H and O–H groups in total. The second-order valence-electron chi connectivity index (χ2n) is 11.0. The van der Waals surface area contributed by atoms with Crippen LogP contribution in [0.4, 0.5) is 9.93 Å². The van der Waals surface area contributed by atoms with Crippen LogP contribution in [0.2, 0.25) is 0 Å². The third-order valence-corrected chi connectivity index (χ3v) is 9.02. The first-order valence-corrected chi connectivity index (χ1v) is 15.5. The number of fused-ring (bicyclic) bond motifs is 2. The first kappa shape index (κ1) is 30.1. The number of piperazine rings is 1. The van der Waals surface area contributed by atoms with Crippen LogP contribution in [0.25, 0.3) is 10.2 Å². The fraction of sp³-hybridized carbons (Fsp3) is 0.273. The van der Waals surface area contributed by atoms with Crippen molar-refractivity contribution in [3.05, 3.63) is 102 Å². The number of nitrogens with zero attached hydrogens (tertiary/aromatic N) is 5. The third kappa shape index (κ3) is 6.19. The van der Waals surface area contributed by atoms with E-state index in [1.807, 2.05) is 72.8 Å². The Morgan fingerprint density at radius 2 is 1.89 bits per heavy atom. The molecule has 2 atom stereocenters. The quantitative estimate of drug-likeness (QED) is 0.258. The number of thiazole rings is 1. The number of hydrogen-bond acceptors (Lipinski definition) is 8. The molecule has 232 valence electrons. The Hall–Kier alpha value is -4.94. The van der Waals surface area contributed by atoms with Crippen molar-refractivity contribution in [3.63, 3.8) is 0 Å². The van der Waals surface area contributed by atoms with E-state index in [4.69, 9.17) is 10.5 Å². The number of urea groups is 1. The summed E-state index contributed by atoms with van der Waals surface area (Å²) in [5.74, 6) is 0.320. The number of nitrogens with one attached hydrogen (secondary N) is 1. The average molecular weight is 626 g/mol. The Labute approximate surface area is 265 Å². The zero-order chi connectivity index (χ0) is 31.5. The number of nitrogens with two attached hydrogens (primary N) is 1. The van der Waals surface area contributed by atoms with Gasteiger partial charge < -0.3 is 25.6 Å². The maximum Gasteiger partial charge on any atom is 0.332 e. The predicted octanol–water partition coefficient (Wildman–Crippen LogP) is 3.62. The minimum atomic E-state index is -0.771. The van der Waals surface area contributed by atoms with Gasteiger partial charge in [0.05, 0.1) is 37.0 Å². The van der Waals surface area contributed by atoms with Crippen molar-refractivity contribution in [1.82, 2.24) is 30.1 Å².